The van der Waals surface area contributed by atoms with Crippen LogP contribution in [0, 0.1) is 5.82 Å². The fourth-order valence-corrected chi connectivity index (χ4v) is 2.87. The van der Waals surface area contributed by atoms with Gasteiger partial charge in [0.2, 0.25) is 0 Å². The van der Waals surface area contributed by atoms with Crippen molar-refractivity contribution in [3.63, 3.8) is 0 Å². The predicted octanol–water partition coefficient (Wildman–Crippen LogP) is 3.46. The van der Waals surface area contributed by atoms with Gasteiger partial charge < -0.3 is 10.6 Å². The summed E-state index contributed by atoms with van der Waals surface area (Å²) in [6.45, 7) is 2.62. The molecule has 2 rings (SSSR count). The number of nitrogens with two attached hydrogens (primary N) is 1. The first-order chi connectivity index (χ1) is 9.15. The molecule has 1 aromatic carbocycles. The van der Waals surface area contributed by atoms with Crippen molar-refractivity contribution in [2.75, 3.05) is 11.9 Å². The number of thiazole rings is 1. The summed E-state index contributed by atoms with van der Waals surface area (Å²) in [5.41, 5.74) is 7.60. The molecule has 0 spiro atoms. The van der Waals surface area contributed by atoms with Crippen LogP contribution in [0.4, 0.5) is 15.2 Å². The summed E-state index contributed by atoms with van der Waals surface area (Å²) in [6, 6.07) is 6.51. The molecule has 0 aliphatic carbocycles. The van der Waals surface area contributed by atoms with Crippen LogP contribution in [0.1, 0.15) is 23.9 Å². The summed E-state index contributed by atoms with van der Waals surface area (Å²) < 4.78 is 13.3. The Kier molecular flexibility index (Phi) is 4.50. The lowest BCUT2D eigenvalue weighted by atomic mass is 10.2. The number of hydrogen-bond donors (Lipinski definition) is 1. The van der Waals surface area contributed by atoms with Gasteiger partial charge in [0.05, 0.1) is 5.69 Å². The Morgan fingerprint density at radius 1 is 1.42 bits per heavy atom. The van der Waals surface area contributed by atoms with Gasteiger partial charge in [-0.1, -0.05) is 30.7 Å². The van der Waals surface area contributed by atoms with Gasteiger partial charge in [-0.25, -0.2) is 9.37 Å². The second-order valence-corrected chi connectivity index (χ2v) is 5.42. The Balaban J connectivity index is 2.30. The molecule has 2 N–H and O–H groups in total. The van der Waals surface area contributed by atoms with Crippen molar-refractivity contribution in [3.8, 4) is 0 Å². The summed E-state index contributed by atoms with van der Waals surface area (Å²) >= 11 is 1.58. The van der Waals surface area contributed by atoms with Gasteiger partial charge >= 0.3 is 0 Å². The first kappa shape index (κ1) is 14.0. The minimum Gasteiger partial charge on any atom is -0.326 e. The smallest absolute Gasteiger partial charge is 0.190 e. The van der Waals surface area contributed by atoms with Gasteiger partial charge in [0.1, 0.15) is 5.82 Å². The molecule has 19 heavy (non-hydrogen) atoms. The first-order valence-electron chi connectivity index (χ1n) is 6.33. The summed E-state index contributed by atoms with van der Waals surface area (Å²) in [5.74, 6) is -0.242. The van der Waals surface area contributed by atoms with Gasteiger partial charge in [-0.05, 0) is 24.6 Å². The van der Waals surface area contributed by atoms with Crippen LogP contribution >= 0.6 is 11.3 Å². The van der Waals surface area contributed by atoms with Gasteiger partial charge in [0.25, 0.3) is 0 Å². The zero-order chi connectivity index (χ0) is 13.8. The van der Waals surface area contributed by atoms with E-state index < -0.39 is 0 Å². The van der Waals surface area contributed by atoms with E-state index in [1.807, 2.05) is 18.0 Å². The van der Waals surface area contributed by atoms with Gasteiger partial charge in [-0.3, -0.25) is 0 Å². The third-order valence-electron chi connectivity index (χ3n) is 2.92. The summed E-state index contributed by atoms with van der Waals surface area (Å²) in [6.07, 6.45) is 1.97. The summed E-state index contributed by atoms with van der Waals surface area (Å²) in [5, 5.41) is 0.856. The highest BCUT2D eigenvalue weighted by Gasteiger charge is 2.14. The topological polar surface area (TPSA) is 42.2 Å². The highest BCUT2D eigenvalue weighted by molar-refractivity contribution is 7.15. The number of halogens is 1. The molecule has 0 fully saturated rings. The normalized spacial score (nSPS) is 10.7. The largest absolute Gasteiger partial charge is 0.326 e. The standard InChI is InChI=1S/C14H18FN3S/c1-3-5-12-13(9-16)19-14(17-12)18(2)11-7-4-6-10(15)8-11/h4,6-8H,3,5,9,16H2,1-2H3. The van der Waals surface area contributed by atoms with Crippen LogP contribution in [0.25, 0.3) is 0 Å². The van der Waals surface area contributed by atoms with Crippen LogP contribution < -0.4 is 10.6 Å². The van der Waals surface area contributed by atoms with E-state index in [1.165, 1.54) is 12.1 Å². The molecule has 102 valence electrons. The molecule has 0 saturated heterocycles. The summed E-state index contributed by atoms with van der Waals surface area (Å²) in [4.78, 5) is 7.62. The van der Waals surface area contributed by atoms with E-state index in [0.29, 0.717) is 6.54 Å². The Morgan fingerprint density at radius 3 is 2.84 bits per heavy atom. The number of benzene rings is 1. The Morgan fingerprint density at radius 2 is 2.21 bits per heavy atom. The molecule has 1 heterocycles. The molecule has 0 atom stereocenters. The minimum atomic E-state index is -0.242. The highest BCUT2D eigenvalue weighted by Crippen LogP contribution is 2.31. The Bertz CT molecular complexity index is 553. The predicted molar refractivity (Wildman–Crippen MR) is 78.5 cm³/mol. The molecule has 0 unspecified atom stereocenters. The van der Waals surface area contributed by atoms with Crippen molar-refractivity contribution < 1.29 is 4.39 Å². The number of aromatic nitrogens is 1. The molecular weight excluding hydrogens is 261 g/mol. The number of hydrogen-bond acceptors (Lipinski definition) is 4. The number of rotatable bonds is 5. The van der Waals surface area contributed by atoms with Crippen LogP contribution in [-0.2, 0) is 13.0 Å². The average molecular weight is 279 g/mol. The molecule has 2 aromatic rings. The van der Waals surface area contributed by atoms with Crippen molar-refractivity contribution in [2.24, 2.45) is 5.73 Å². The lowest BCUT2D eigenvalue weighted by molar-refractivity contribution is 0.628. The quantitative estimate of drug-likeness (QED) is 0.911. The van der Waals surface area contributed by atoms with Crippen molar-refractivity contribution in [3.05, 3.63) is 40.7 Å². The molecule has 0 aliphatic rings. The van der Waals surface area contributed by atoms with Crippen LogP contribution in [0.3, 0.4) is 0 Å². The van der Waals surface area contributed by atoms with Crippen LogP contribution in [0.15, 0.2) is 24.3 Å². The lowest BCUT2D eigenvalue weighted by Gasteiger charge is -2.15. The van der Waals surface area contributed by atoms with E-state index >= 15 is 0 Å². The van der Waals surface area contributed by atoms with E-state index in [1.54, 1.807) is 17.4 Å². The monoisotopic (exact) mass is 279 g/mol. The minimum absolute atomic E-state index is 0.242. The van der Waals surface area contributed by atoms with Crippen LogP contribution in [0.2, 0.25) is 0 Å². The van der Waals surface area contributed by atoms with Crippen LogP contribution in [0.5, 0.6) is 0 Å². The molecule has 1 aromatic heterocycles. The maximum atomic E-state index is 13.3. The van der Waals surface area contributed by atoms with E-state index in [9.17, 15) is 4.39 Å². The zero-order valence-electron chi connectivity index (χ0n) is 11.2. The van der Waals surface area contributed by atoms with Crippen molar-refractivity contribution >= 4 is 22.2 Å². The number of anilines is 2. The van der Waals surface area contributed by atoms with Gasteiger partial charge in [-0.15, -0.1) is 0 Å². The first-order valence-corrected chi connectivity index (χ1v) is 7.15. The molecule has 3 nitrogen and oxygen atoms in total. The Hall–Kier alpha value is -1.46. The van der Waals surface area contributed by atoms with Crippen molar-refractivity contribution in [2.45, 2.75) is 26.3 Å². The van der Waals surface area contributed by atoms with E-state index in [4.69, 9.17) is 5.73 Å². The van der Waals surface area contributed by atoms with E-state index in [-0.39, 0.29) is 5.82 Å². The molecule has 0 radical (unpaired) electrons. The number of nitrogens with zero attached hydrogens (tertiary/aromatic N) is 2. The molecule has 5 heteroatoms. The maximum Gasteiger partial charge on any atom is 0.190 e. The molecule has 0 aliphatic heterocycles. The fraction of sp³-hybridized carbons (Fsp3) is 0.357. The van der Waals surface area contributed by atoms with Gasteiger partial charge in [0, 0.05) is 24.2 Å². The third-order valence-corrected chi connectivity index (χ3v) is 4.12. The van der Waals surface area contributed by atoms with E-state index in [0.717, 1.165) is 34.2 Å². The average Bonchev–Trinajstić information content (AvgIpc) is 2.81. The van der Waals surface area contributed by atoms with Gasteiger partial charge in [0.15, 0.2) is 5.13 Å². The molecule has 0 bridgehead atoms. The second kappa shape index (κ2) is 6.12. The SMILES string of the molecule is CCCc1nc(N(C)c2cccc(F)c2)sc1CN. The third kappa shape index (κ3) is 3.11. The molecular formula is C14H18FN3S. The van der Waals surface area contributed by atoms with Gasteiger partial charge in [-0.2, -0.15) is 0 Å². The molecule has 0 amide bonds. The van der Waals surface area contributed by atoms with Crippen LogP contribution in [-0.4, -0.2) is 12.0 Å². The fourth-order valence-electron chi connectivity index (χ4n) is 1.90. The second-order valence-electron chi connectivity index (χ2n) is 4.36. The Labute approximate surface area is 116 Å². The summed E-state index contributed by atoms with van der Waals surface area (Å²) in [7, 11) is 1.89. The van der Waals surface area contributed by atoms with Crippen molar-refractivity contribution in [1.82, 2.24) is 4.98 Å². The van der Waals surface area contributed by atoms with E-state index in [2.05, 4.69) is 11.9 Å². The molecule has 0 saturated carbocycles. The highest BCUT2D eigenvalue weighted by atomic mass is 32.1. The lowest BCUT2D eigenvalue weighted by Crippen LogP contribution is -2.09. The number of aryl methyl sites for hydroxylation is 1. The zero-order valence-corrected chi connectivity index (χ0v) is 12.0. The maximum absolute atomic E-state index is 13.3. The van der Waals surface area contributed by atoms with Crippen molar-refractivity contribution in [1.29, 1.82) is 0 Å².